The molecule has 0 radical (unpaired) electrons. The lowest BCUT2D eigenvalue weighted by Gasteiger charge is -2.13. The van der Waals surface area contributed by atoms with Gasteiger partial charge < -0.3 is 14.7 Å². The SMILES string of the molecule is CCN1C(=O)/C(=C/c2ccc(O)c(OC)c2)N(C)C1=S. The predicted octanol–water partition coefficient (Wildman–Crippen LogP) is 1.82. The predicted molar refractivity (Wildman–Crippen MR) is 80.4 cm³/mol. The van der Waals surface area contributed by atoms with Crippen molar-refractivity contribution in [1.29, 1.82) is 0 Å². The van der Waals surface area contributed by atoms with E-state index in [1.165, 1.54) is 13.2 Å². The summed E-state index contributed by atoms with van der Waals surface area (Å²) < 4.78 is 5.05. The number of phenols is 1. The number of nitrogens with zero attached hydrogens (tertiary/aromatic N) is 2. The Bertz CT molecular complexity index is 598. The normalized spacial score (nSPS) is 17.2. The summed E-state index contributed by atoms with van der Waals surface area (Å²) in [6, 6.07) is 4.91. The average molecular weight is 292 g/mol. The van der Waals surface area contributed by atoms with Crippen molar-refractivity contribution in [1.82, 2.24) is 9.80 Å². The van der Waals surface area contributed by atoms with Crippen LogP contribution in [0.4, 0.5) is 0 Å². The molecule has 0 bridgehead atoms. The molecule has 1 N–H and O–H groups in total. The minimum absolute atomic E-state index is 0.0615. The average Bonchev–Trinajstić information content (AvgIpc) is 2.64. The highest BCUT2D eigenvalue weighted by Crippen LogP contribution is 2.28. The highest BCUT2D eigenvalue weighted by atomic mass is 32.1. The van der Waals surface area contributed by atoms with Gasteiger partial charge in [-0.25, -0.2) is 0 Å². The van der Waals surface area contributed by atoms with Crippen molar-refractivity contribution >= 4 is 29.3 Å². The molecule has 0 spiro atoms. The summed E-state index contributed by atoms with van der Waals surface area (Å²) in [5.74, 6) is 0.306. The first kappa shape index (κ1) is 14.3. The number of methoxy groups -OCH3 is 1. The standard InChI is InChI=1S/C14H16N2O3S/c1-4-16-13(18)10(15(2)14(16)20)7-9-5-6-11(17)12(8-9)19-3/h5-8,17H,4H2,1-3H3/b10-7-. The number of amides is 1. The van der Waals surface area contributed by atoms with E-state index in [-0.39, 0.29) is 11.7 Å². The molecule has 1 saturated heterocycles. The third-order valence-electron chi connectivity index (χ3n) is 3.17. The Morgan fingerprint density at radius 1 is 1.45 bits per heavy atom. The molecule has 0 atom stereocenters. The van der Waals surface area contributed by atoms with Crippen LogP contribution in [0.3, 0.4) is 0 Å². The number of aromatic hydroxyl groups is 1. The van der Waals surface area contributed by atoms with E-state index < -0.39 is 0 Å². The van der Waals surface area contributed by atoms with Gasteiger partial charge in [0.25, 0.3) is 5.91 Å². The second-order valence-electron chi connectivity index (χ2n) is 4.35. The summed E-state index contributed by atoms with van der Waals surface area (Å²) in [6.07, 6.45) is 1.73. The van der Waals surface area contributed by atoms with Crippen LogP contribution in [0.25, 0.3) is 6.08 Å². The monoisotopic (exact) mass is 292 g/mol. The zero-order valence-corrected chi connectivity index (χ0v) is 12.4. The Morgan fingerprint density at radius 2 is 2.15 bits per heavy atom. The largest absolute Gasteiger partial charge is 0.504 e. The quantitative estimate of drug-likeness (QED) is 0.680. The molecule has 1 aliphatic rings. The van der Waals surface area contributed by atoms with Crippen LogP contribution in [0.15, 0.2) is 23.9 Å². The Hall–Kier alpha value is -2.08. The first-order valence-corrected chi connectivity index (χ1v) is 6.58. The van der Waals surface area contributed by atoms with Gasteiger partial charge in [0, 0.05) is 13.6 Å². The topological polar surface area (TPSA) is 53.0 Å². The van der Waals surface area contributed by atoms with Crippen molar-refractivity contribution in [3.05, 3.63) is 29.5 Å². The Morgan fingerprint density at radius 3 is 2.70 bits per heavy atom. The zero-order chi connectivity index (χ0) is 14.9. The molecular formula is C14H16N2O3S. The Labute approximate surface area is 123 Å². The van der Waals surface area contributed by atoms with Crippen LogP contribution in [0.2, 0.25) is 0 Å². The van der Waals surface area contributed by atoms with Gasteiger partial charge in [0.1, 0.15) is 5.70 Å². The van der Waals surface area contributed by atoms with Crippen molar-refractivity contribution < 1.29 is 14.6 Å². The lowest BCUT2D eigenvalue weighted by atomic mass is 10.1. The van der Waals surface area contributed by atoms with Crippen LogP contribution in [0, 0.1) is 0 Å². The van der Waals surface area contributed by atoms with E-state index in [9.17, 15) is 9.90 Å². The van der Waals surface area contributed by atoms with Crippen LogP contribution in [0.1, 0.15) is 12.5 Å². The Balaban J connectivity index is 2.40. The minimum atomic E-state index is -0.118. The lowest BCUT2D eigenvalue weighted by molar-refractivity contribution is -0.122. The fourth-order valence-electron chi connectivity index (χ4n) is 2.03. The second-order valence-corrected chi connectivity index (χ2v) is 4.72. The molecule has 0 aromatic heterocycles. The molecule has 1 heterocycles. The highest BCUT2D eigenvalue weighted by Gasteiger charge is 2.34. The molecule has 5 nitrogen and oxygen atoms in total. The maximum atomic E-state index is 12.2. The number of carbonyl (C=O) groups is 1. The number of carbonyl (C=O) groups excluding carboxylic acids is 1. The van der Waals surface area contributed by atoms with Gasteiger partial charge in [-0.05, 0) is 42.9 Å². The first-order chi connectivity index (χ1) is 9.49. The molecule has 0 saturated carbocycles. The van der Waals surface area contributed by atoms with Crippen molar-refractivity contribution in [2.45, 2.75) is 6.92 Å². The molecule has 1 aliphatic heterocycles. The van der Waals surface area contributed by atoms with Crippen molar-refractivity contribution in [3.63, 3.8) is 0 Å². The molecule has 6 heteroatoms. The summed E-state index contributed by atoms with van der Waals surface area (Å²) in [4.78, 5) is 15.5. The van der Waals surface area contributed by atoms with Gasteiger partial charge in [-0.1, -0.05) is 6.07 Å². The third-order valence-corrected chi connectivity index (χ3v) is 3.66. The van der Waals surface area contributed by atoms with E-state index in [0.29, 0.717) is 23.1 Å². The van der Waals surface area contributed by atoms with Gasteiger partial charge in [0.05, 0.1) is 7.11 Å². The van der Waals surface area contributed by atoms with E-state index in [0.717, 1.165) is 5.56 Å². The van der Waals surface area contributed by atoms with Gasteiger partial charge in [-0.2, -0.15) is 0 Å². The maximum absolute atomic E-state index is 12.2. The molecule has 1 amide bonds. The minimum Gasteiger partial charge on any atom is -0.504 e. The molecule has 1 aromatic rings. The lowest BCUT2D eigenvalue weighted by Crippen LogP contribution is -2.30. The van der Waals surface area contributed by atoms with Crippen LogP contribution in [-0.2, 0) is 4.79 Å². The Kier molecular flexibility index (Phi) is 3.94. The van der Waals surface area contributed by atoms with Gasteiger partial charge in [-0.3, -0.25) is 9.69 Å². The molecule has 0 aliphatic carbocycles. The van der Waals surface area contributed by atoms with E-state index in [1.807, 2.05) is 6.92 Å². The summed E-state index contributed by atoms with van der Waals surface area (Å²) in [6.45, 7) is 2.42. The number of ether oxygens (including phenoxy) is 1. The first-order valence-electron chi connectivity index (χ1n) is 6.17. The van der Waals surface area contributed by atoms with Crippen molar-refractivity contribution in [2.75, 3.05) is 20.7 Å². The van der Waals surface area contributed by atoms with Crippen LogP contribution >= 0.6 is 12.2 Å². The van der Waals surface area contributed by atoms with E-state index in [1.54, 1.807) is 35.1 Å². The number of likely N-dealkylation sites (N-methyl/N-ethyl adjacent to an activating group) is 2. The van der Waals surface area contributed by atoms with E-state index >= 15 is 0 Å². The van der Waals surface area contributed by atoms with Crippen LogP contribution in [-0.4, -0.2) is 46.6 Å². The van der Waals surface area contributed by atoms with Gasteiger partial charge in [0.15, 0.2) is 16.6 Å². The second kappa shape index (κ2) is 5.50. The molecule has 2 rings (SSSR count). The molecular weight excluding hydrogens is 276 g/mol. The molecule has 1 aromatic carbocycles. The number of thiocarbonyl (C=S) groups is 1. The molecule has 1 fully saturated rings. The molecule has 0 unspecified atom stereocenters. The van der Waals surface area contributed by atoms with Gasteiger partial charge >= 0.3 is 0 Å². The fraction of sp³-hybridized carbons (Fsp3) is 0.286. The van der Waals surface area contributed by atoms with E-state index in [2.05, 4.69) is 0 Å². The summed E-state index contributed by atoms with van der Waals surface area (Å²) in [5, 5.41) is 10.1. The van der Waals surface area contributed by atoms with Gasteiger partial charge in [-0.15, -0.1) is 0 Å². The fourth-order valence-corrected chi connectivity index (χ4v) is 2.34. The summed E-state index contributed by atoms with van der Waals surface area (Å²) in [5.41, 5.74) is 1.26. The number of hydrogen-bond donors (Lipinski definition) is 1. The number of benzene rings is 1. The van der Waals surface area contributed by atoms with E-state index in [4.69, 9.17) is 17.0 Å². The van der Waals surface area contributed by atoms with Crippen molar-refractivity contribution in [2.24, 2.45) is 0 Å². The summed E-state index contributed by atoms with van der Waals surface area (Å²) >= 11 is 5.23. The third kappa shape index (κ3) is 2.34. The highest BCUT2D eigenvalue weighted by molar-refractivity contribution is 7.80. The van der Waals surface area contributed by atoms with Crippen LogP contribution in [0.5, 0.6) is 11.5 Å². The molecule has 20 heavy (non-hydrogen) atoms. The summed E-state index contributed by atoms with van der Waals surface area (Å²) in [7, 11) is 3.24. The number of rotatable bonds is 3. The number of phenolic OH excluding ortho intramolecular Hbond substituents is 1. The zero-order valence-electron chi connectivity index (χ0n) is 11.6. The van der Waals surface area contributed by atoms with Crippen molar-refractivity contribution in [3.8, 4) is 11.5 Å². The number of hydrogen-bond acceptors (Lipinski definition) is 4. The maximum Gasteiger partial charge on any atom is 0.276 e. The van der Waals surface area contributed by atoms with Gasteiger partial charge in [0.2, 0.25) is 0 Å². The van der Waals surface area contributed by atoms with Crippen LogP contribution < -0.4 is 4.74 Å². The molecule has 106 valence electrons. The smallest absolute Gasteiger partial charge is 0.276 e.